The Balaban J connectivity index is 2.32. The lowest BCUT2D eigenvalue weighted by molar-refractivity contribution is -0.385. The van der Waals surface area contributed by atoms with Crippen LogP contribution in [-0.4, -0.2) is 9.91 Å². The van der Waals surface area contributed by atoms with E-state index < -0.39 is 4.92 Å². The summed E-state index contributed by atoms with van der Waals surface area (Å²) in [5.74, 6) is 0.703. The third-order valence-electron chi connectivity index (χ3n) is 1.85. The van der Waals surface area contributed by atoms with Gasteiger partial charge >= 0.3 is 5.69 Å². The number of aromatic nitrogens is 1. The summed E-state index contributed by atoms with van der Waals surface area (Å²) in [5, 5.41) is 10.7. The van der Waals surface area contributed by atoms with Gasteiger partial charge in [0.25, 0.3) is 0 Å². The van der Waals surface area contributed by atoms with Crippen molar-refractivity contribution in [3.8, 4) is 11.6 Å². The Morgan fingerprint density at radius 1 is 1.20 bits per heavy atom. The highest BCUT2D eigenvalue weighted by Gasteiger charge is 2.14. The van der Waals surface area contributed by atoms with Gasteiger partial charge in [0.05, 0.1) is 4.92 Å². The number of rotatable bonds is 3. The van der Waals surface area contributed by atoms with Crippen LogP contribution in [0.2, 0.25) is 0 Å². The van der Waals surface area contributed by atoms with Crippen LogP contribution >= 0.6 is 0 Å². The summed E-state index contributed by atoms with van der Waals surface area (Å²) in [7, 11) is 0. The lowest BCUT2D eigenvalue weighted by Crippen LogP contribution is -1.92. The summed E-state index contributed by atoms with van der Waals surface area (Å²) in [6.45, 7) is 0. The lowest BCUT2D eigenvalue weighted by atomic mass is 10.3. The average molecular weight is 204 g/mol. The largest absolute Gasteiger partial charge is 0.434 e. The molecular formula is C10H8N2O3. The van der Waals surface area contributed by atoms with Crippen molar-refractivity contribution in [2.45, 2.75) is 0 Å². The van der Waals surface area contributed by atoms with Crippen molar-refractivity contribution < 1.29 is 9.66 Å². The minimum Gasteiger partial charge on any atom is -0.434 e. The second kappa shape index (κ2) is 3.83. The van der Waals surface area contributed by atoms with Gasteiger partial charge in [-0.3, -0.25) is 10.1 Å². The third kappa shape index (κ3) is 1.96. The Morgan fingerprint density at radius 3 is 2.67 bits per heavy atom. The van der Waals surface area contributed by atoms with E-state index in [0.29, 0.717) is 5.88 Å². The first-order chi connectivity index (χ1) is 7.27. The number of nitro benzene ring substituents is 1. The van der Waals surface area contributed by atoms with E-state index in [-0.39, 0.29) is 11.4 Å². The molecule has 76 valence electrons. The lowest BCUT2D eigenvalue weighted by Gasteiger charge is -2.02. The first-order valence-electron chi connectivity index (χ1n) is 4.32. The van der Waals surface area contributed by atoms with Gasteiger partial charge in [-0.1, -0.05) is 12.1 Å². The van der Waals surface area contributed by atoms with Crippen LogP contribution in [-0.2, 0) is 0 Å². The monoisotopic (exact) mass is 204 g/mol. The van der Waals surface area contributed by atoms with Gasteiger partial charge in [-0.2, -0.15) is 0 Å². The zero-order valence-corrected chi connectivity index (χ0v) is 7.71. The molecule has 0 amide bonds. The number of nitro groups is 1. The van der Waals surface area contributed by atoms with E-state index in [1.165, 1.54) is 6.07 Å². The van der Waals surface area contributed by atoms with Crippen molar-refractivity contribution in [1.82, 2.24) is 4.98 Å². The van der Waals surface area contributed by atoms with Crippen LogP contribution in [0.5, 0.6) is 11.6 Å². The van der Waals surface area contributed by atoms with Gasteiger partial charge in [-0.05, 0) is 12.1 Å². The summed E-state index contributed by atoms with van der Waals surface area (Å²) < 4.78 is 5.31. The molecule has 0 aliphatic rings. The molecule has 0 aliphatic heterocycles. The van der Waals surface area contributed by atoms with Gasteiger partial charge in [0.15, 0.2) is 5.88 Å². The van der Waals surface area contributed by atoms with Gasteiger partial charge in [-0.15, -0.1) is 0 Å². The molecule has 1 N–H and O–H groups in total. The van der Waals surface area contributed by atoms with E-state index in [1.807, 2.05) is 0 Å². The second-order valence-electron chi connectivity index (χ2n) is 2.86. The maximum Gasteiger partial charge on any atom is 0.311 e. The van der Waals surface area contributed by atoms with Crippen LogP contribution in [0.4, 0.5) is 5.69 Å². The number of H-pyrrole nitrogens is 1. The van der Waals surface area contributed by atoms with Gasteiger partial charge in [0.1, 0.15) is 0 Å². The molecule has 5 heteroatoms. The molecule has 0 radical (unpaired) electrons. The maximum atomic E-state index is 10.7. The predicted molar refractivity (Wildman–Crippen MR) is 54.0 cm³/mol. The molecule has 0 bridgehead atoms. The van der Waals surface area contributed by atoms with Gasteiger partial charge in [0.2, 0.25) is 5.75 Å². The molecule has 0 saturated heterocycles. The van der Waals surface area contributed by atoms with Crippen LogP contribution in [0.15, 0.2) is 42.6 Å². The molecule has 0 fully saturated rings. The van der Waals surface area contributed by atoms with Gasteiger partial charge in [0, 0.05) is 18.3 Å². The standard InChI is InChI=1S/C10H8N2O3/c13-12(14)8-4-1-2-5-9(8)15-10-6-3-7-11-10/h1-7,11H. The van der Waals surface area contributed by atoms with Gasteiger partial charge < -0.3 is 9.72 Å². The minimum absolute atomic E-state index is 0.0490. The fraction of sp³-hybridized carbons (Fsp3) is 0. The molecule has 5 nitrogen and oxygen atoms in total. The number of para-hydroxylation sites is 2. The normalized spacial score (nSPS) is 9.87. The number of hydrogen-bond acceptors (Lipinski definition) is 3. The van der Waals surface area contributed by atoms with E-state index in [1.54, 1.807) is 36.5 Å². The molecule has 0 unspecified atom stereocenters. The highest BCUT2D eigenvalue weighted by atomic mass is 16.6. The van der Waals surface area contributed by atoms with E-state index in [9.17, 15) is 10.1 Å². The molecule has 1 heterocycles. The van der Waals surface area contributed by atoms with Crippen molar-refractivity contribution in [3.63, 3.8) is 0 Å². The first kappa shape index (κ1) is 9.26. The summed E-state index contributed by atoms with van der Waals surface area (Å²) in [6.07, 6.45) is 1.68. The third-order valence-corrected chi connectivity index (χ3v) is 1.85. The molecule has 1 aromatic carbocycles. The predicted octanol–water partition coefficient (Wildman–Crippen LogP) is 2.72. The number of hydrogen-bond donors (Lipinski definition) is 1. The summed E-state index contributed by atoms with van der Waals surface area (Å²) in [4.78, 5) is 13.0. The van der Waals surface area contributed by atoms with Crippen LogP contribution in [0.3, 0.4) is 0 Å². The Morgan fingerprint density at radius 2 is 2.00 bits per heavy atom. The Hall–Kier alpha value is -2.30. The highest BCUT2D eigenvalue weighted by molar-refractivity contribution is 5.47. The smallest absolute Gasteiger partial charge is 0.311 e. The highest BCUT2D eigenvalue weighted by Crippen LogP contribution is 2.29. The van der Waals surface area contributed by atoms with Crippen molar-refractivity contribution in [2.24, 2.45) is 0 Å². The summed E-state index contributed by atoms with van der Waals surface area (Å²) >= 11 is 0. The molecule has 0 atom stereocenters. The minimum atomic E-state index is -0.474. The van der Waals surface area contributed by atoms with E-state index in [4.69, 9.17) is 4.74 Å². The van der Waals surface area contributed by atoms with E-state index in [0.717, 1.165) is 0 Å². The quantitative estimate of drug-likeness (QED) is 0.617. The molecule has 0 saturated carbocycles. The van der Waals surface area contributed by atoms with Crippen LogP contribution < -0.4 is 4.74 Å². The fourth-order valence-electron chi connectivity index (χ4n) is 1.19. The second-order valence-corrected chi connectivity index (χ2v) is 2.86. The average Bonchev–Trinajstić information content (AvgIpc) is 2.71. The summed E-state index contributed by atoms with van der Waals surface area (Å²) in [5.41, 5.74) is -0.0490. The summed E-state index contributed by atoms with van der Waals surface area (Å²) in [6, 6.07) is 9.68. The molecule has 1 aromatic heterocycles. The molecule has 0 spiro atoms. The molecule has 2 aromatic rings. The van der Waals surface area contributed by atoms with Crippen molar-refractivity contribution >= 4 is 5.69 Å². The van der Waals surface area contributed by atoms with Crippen LogP contribution in [0, 0.1) is 10.1 Å². The van der Waals surface area contributed by atoms with E-state index >= 15 is 0 Å². The molecule has 15 heavy (non-hydrogen) atoms. The zero-order chi connectivity index (χ0) is 10.7. The zero-order valence-electron chi connectivity index (χ0n) is 7.71. The Bertz CT molecular complexity index is 465. The van der Waals surface area contributed by atoms with Crippen LogP contribution in [0.1, 0.15) is 0 Å². The number of aromatic amines is 1. The number of nitrogens with zero attached hydrogens (tertiary/aromatic N) is 1. The van der Waals surface area contributed by atoms with E-state index in [2.05, 4.69) is 4.98 Å². The van der Waals surface area contributed by atoms with Crippen molar-refractivity contribution in [3.05, 3.63) is 52.7 Å². The van der Waals surface area contributed by atoms with Crippen molar-refractivity contribution in [1.29, 1.82) is 0 Å². The van der Waals surface area contributed by atoms with Crippen molar-refractivity contribution in [2.75, 3.05) is 0 Å². The topological polar surface area (TPSA) is 68.2 Å². The maximum absolute atomic E-state index is 10.7. The number of nitrogens with one attached hydrogen (secondary N) is 1. The SMILES string of the molecule is O=[N+]([O-])c1ccccc1Oc1ccc[nH]1. The molecular weight excluding hydrogens is 196 g/mol. The van der Waals surface area contributed by atoms with Crippen LogP contribution in [0.25, 0.3) is 0 Å². The fourth-order valence-corrected chi connectivity index (χ4v) is 1.19. The number of ether oxygens (including phenoxy) is 1. The molecule has 2 rings (SSSR count). The first-order valence-corrected chi connectivity index (χ1v) is 4.32. The Labute approximate surface area is 85.5 Å². The molecule has 0 aliphatic carbocycles. The van der Waals surface area contributed by atoms with Gasteiger partial charge in [-0.25, -0.2) is 0 Å². The Kier molecular flexibility index (Phi) is 2.37. The number of benzene rings is 1.